The van der Waals surface area contributed by atoms with Gasteiger partial charge in [-0.1, -0.05) is 39.8 Å². The number of aliphatic carboxylic acids is 1. The van der Waals surface area contributed by atoms with E-state index in [1.807, 2.05) is 6.07 Å². The predicted molar refractivity (Wildman–Crippen MR) is 361 cm³/mol. The van der Waals surface area contributed by atoms with Gasteiger partial charge in [-0.25, -0.2) is 18.7 Å². The summed E-state index contributed by atoms with van der Waals surface area (Å²) in [4.78, 5) is 206. The summed E-state index contributed by atoms with van der Waals surface area (Å²) in [6.07, 6.45) is -8.62. The molecule has 2 aliphatic heterocycles. The van der Waals surface area contributed by atoms with E-state index in [2.05, 4.69) is 31.2 Å². The number of Topliss-reactive ketones (excluding diaryl/α,β-unsaturated/α-hetero) is 5. The molecule has 2 saturated heterocycles. The third kappa shape index (κ3) is 23.8. The number of carboxylic acid groups (broad SMARTS) is 1. The molecular formula is C64H83F2N15O18S2. The van der Waals surface area contributed by atoms with Crippen LogP contribution in [0.15, 0.2) is 47.5 Å². The number of nitrogens with one attached hydrogen (secondary N) is 4. The number of aliphatic hydroxyl groups is 1. The largest absolute Gasteiger partial charge is 0.481 e. The third-order valence-corrected chi connectivity index (χ3v) is 18.8. The number of carbonyl (C=O) groups is 14. The minimum Gasteiger partial charge on any atom is -0.481 e. The van der Waals surface area contributed by atoms with Gasteiger partial charge < -0.3 is 84.8 Å². The zero-order valence-corrected chi connectivity index (χ0v) is 57.2. The number of ketones is 5. The fraction of sp³-hybridized carbons (Fsp3) is 0.516. The lowest BCUT2D eigenvalue weighted by atomic mass is 9.88. The maximum Gasteiger partial charge on any atom is 0.306 e. The van der Waals surface area contributed by atoms with Crippen molar-refractivity contribution in [2.75, 3.05) is 50.0 Å². The predicted octanol–water partition coefficient (Wildman–Crippen LogP) is -1.42. The number of aliphatic hydroxyl groups excluding tert-OH is 1. The first-order valence-electron chi connectivity index (χ1n) is 32.0. The summed E-state index contributed by atoms with van der Waals surface area (Å²) >= 11 is 0. The Bertz CT molecular complexity index is 3830. The molecular weight excluding hydrogens is 1370 g/mol. The van der Waals surface area contributed by atoms with Gasteiger partial charge >= 0.3 is 11.9 Å². The van der Waals surface area contributed by atoms with E-state index >= 15 is 0 Å². The zero-order chi connectivity index (χ0) is 74.6. The number of fused-ring (bicyclic) bond motifs is 4. The summed E-state index contributed by atoms with van der Waals surface area (Å²) in [5.41, 5.74) is 35.1. The van der Waals surface area contributed by atoms with Crippen molar-refractivity contribution in [2.24, 2.45) is 57.3 Å². The highest BCUT2D eigenvalue weighted by molar-refractivity contribution is 8.76. The number of aromatic nitrogens is 3. The number of nitrogens with two attached hydrogens (primary N) is 6. The molecule has 18 N–H and O–H groups in total. The van der Waals surface area contributed by atoms with Gasteiger partial charge in [0.15, 0.2) is 46.6 Å². The number of para-hydroxylation sites is 1. The first-order valence-corrected chi connectivity index (χ1v) is 34.5. The fourth-order valence-corrected chi connectivity index (χ4v) is 14.0. The molecule has 0 aliphatic carbocycles. The number of pyridine rings is 1. The average molecular weight is 1450 g/mol. The standard InChI is InChI=1S/C64H83F2N15O18S2/c1-4-98-27-49-79-54-55(39-8-5-6-9-41(39)76-57(54)69)81(49)30-64(2,3)99-52(91)12-11-45(84)53(58(70)93)56(92)42(10-7-13-73-63(71)72)77-61(96)34-19-47(86)43(23-48(68)87)78-62(97)44-22-38(83)26-80(44)50(88)25-75-59(94)32(14-31-15-35(65)21-36(66)16-31)17-37(82)24-74-60(95)33(20-51(89)90)18-46(85)40(67)29-101-100-28-34/h5-6,8-9,15-16,21,32-34,38,40,42-44,53,83H,4,7,10-14,17-20,22-30,67H2,1-3H3,(H2,68,87)(H2,69,76)(H2,70,93)(H,74,95)(H,75,94)(H,77,96)(H,78,97)(H,89,90)(H4,71,72,73)/t32-,33-,34-,38?,40-,42+,43+,44?,53?/m1/s1. The number of rotatable bonds is 25. The Morgan fingerprint density at radius 2 is 1.52 bits per heavy atom. The van der Waals surface area contributed by atoms with Crippen molar-refractivity contribution < 1.29 is 95.6 Å². The van der Waals surface area contributed by atoms with Crippen LogP contribution in [0.25, 0.3) is 21.9 Å². The minimum atomic E-state index is -2.32. The van der Waals surface area contributed by atoms with Gasteiger partial charge in [0.1, 0.15) is 41.2 Å². The van der Waals surface area contributed by atoms with Gasteiger partial charge in [-0.05, 0) is 63.8 Å². The van der Waals surface area contributed by atoms with Crippen molar-refractivity contribution in [2.45, 2.75) is 140 Å². The van der Waals surface area contributed by atoms with Crippen LogP contribution in [0.4, 0.5) is 14.6 Å². The SMILES string of the molecule is CCOCc1nc2c(N)nc3ccccc3c2n1CC(C)(C)OC(=O)CCC(=O)C(C(N)=O)C(=O)[C@H](CCCN=C(N)N)NC(=O)[C@H]1CSSC[C@@H](N)C(=O)C[C@H](CC(=O)O)C(=O)NCC(=O)C[C@@H](Cc2cc(F)cc(F)c2)C(=O)NCC(=O)N2CC(O)CC2C(=O)N[C@@H](CC(N)=O)C(=O)C1. The number of esters is 1. The molecule has 0 radical (unpaired) electrons. The second-order valence-corrected chi connectivity index (χ2v) is 27.5. The number of amides is 7. The zero-order valence-electron chi connectivity index (χ0n) is 55.6. The molecule has 548 valence electrons. The molecule has 9 atom stereocenters. The van der Waals surface area contributed by atoms with Crippen molar-refractivity contribution in [1.29, 1.82) is 0 Å². The number of aliphatic imine (C=N–C) groups is 1. The number of benzene rings is 2. The molecule has 2 aromatic heterocycles. The van der Waals surface area contributed by atoms with Crippen LogP contribution in [0, 0.1) is 35.3 Å². The molecule has 7 amide bonds. The van der Waals surface area contributed by atoms with Crippen LogP contribution < -0.4 is 55.7 Å². The Balaban J connectivity index is 1.26. The molecule has 0 spiro atoms. The monoisotopic (exact) mass is 1450 g/mol. The fourth-order valence-electron chi connectivity index (χ4n) is 11.5. The molecule has 4 aromatic rings. The number of carbonyl (C=O) groups excluding carboxylic acids is 13. The van der Waals surface area contributed by atoms with E-state index in [9.17, 15) is 86.1 Å². The van der Waals surface area contributed by atoms with Gasteiger partial charge in [0.05, 0.1) is 86.0 Å². The topological polar surface area (TPSA) is 548 Å². The Hall–Kier alpha value is -9.59. The number of nitrogens with zero attached hydrogens (tertiary/aromatic N) is 5. The molecule has 0 saturated carbocycles. The molecule has 2 aromatic carbocycles. The number of ether oxygens (including phenoxy) is 2. The maximum atomic E-state index is 14.8. The highest BCUT2D eigenvalue weighted by Crippen LogP contribution is 2.32. The van der Waals surface area contributed by atoms with E-state index in [0.717, 1.165) is 38.6 Å². The number of imidazole rings is 1. The number of primary amides is 2. The highest BCUT2D eigenvalue weighted by atomic mass is 33.1. The van der Waals surface area contributed by atoms with Crippen LogP contribution in [-0.4, -0.2) is 198 Å². The number of hydrogen-bond acceptors (Lipinski definition) is 24. The molecule has 37 heteroatoms. The van der Waals surface area contributed by atoms with Gasteiger partial charge in [0.25, 0.3) is 0 Å². The van der Waals surface area contributed by atoms with Gasteiger partial charge in [-0.2, -0.15) is 0 Å². The van der Waals surface area contributed by atoms with Crippen molar-refractivity contribution in [3.63, 3.8) is 0 Å². The molecule has 6 rings (SSSR count). The van der Waals surface area contributed by atoms with Crippen LogP contribution in [0.3, 0.4) is 0 Å². The number of anilines is 1. The van der Waals surface area contributed by atoms with Gasteiger partial charge in [0, 0.05) is 80.7 Å². The maximum absolute atomic E-state index is 14.8. The van der Waals surface area contributed by atoms with E-state index in [0.29, 0.717) is 40.4 Å². The molecule has 0 bridgehead atoms. The van der Waals surface area contributed by atoms with Gasteiger partial charge in [-0.3, -0.25) is 72.1 Å². The van der Waals surface area contributed by atoms with Gasteiger partial charge in [0.2, 0.25) is 41.4 Å². The van der Waals surface area contributed by atoms with Gasteiger partial charge in [-0.15, -0.1) is 0 Å². The Labute approximate surface area is 584 Å². The summed E-state index contributed by atoms with van der Waals surface area (Å²) in [5, 5.41) is 30.6. The molecule has 4 heterocycles. The summed E-state index contributed by atoms with van der Waals surface area (Å²) < 4.78 is 42.1. The lowest BCUT2D eigenvalue weighted by Gasteiger charge is -2.27. The summed E-state index contributed by atoms with van der Waals surface area (Å²) in [6.45, 7) is 2.88. The van der Waals surface area contributed by atoms with Crippen molar-refractivity contribution in [3.05, 3.63) is 65.5 Å². The summed E-state index contributed by atoms with van der Waals surface area (Å²) in [5.74, 6) is -25.4. The normalized spacial score (nSPS) is 21.2. The lowest BCUT2D eigenvalue weighted by molar-refractivity contribution is -0.159. The molecule has 2 fully saturated rings. The summed E-state index contributed by atoms with van der Waals surface area (Å²) in [6, 6.07) is 2.74. The van der Waals surface area contributed by atoms with Crippen LogP contribution in [-0.2, 0) is 96.2 Å². The number of hydrogen-bond donors (Lipinski definition) is 12. The molecule has 3 unspecified atom stereocenters. The first-order chi connectivity index (χ1) is 47.6. The van der Waals surface area contributed by atoms with E-state index in [1.54, 1.807) is 43.5 Å². The van der Waals surface area contributed by atoms with E-state index in [4.69, 9.17) is 48.9 Å². The Morgan fingerprint density at radius 1 is 0.851 bits per heavy atom. The minimum absolute atomic E-state index is 0.0179. The number of halogens is 2. The quantitative estimate of drug-likeness (QED) is 0.00905. The number of nitrogen functional groups attached to an aromatic ring is 1. The van der Waals surface area contributed by atoms with Crippen LogP contribution in [0.5, 0.6) is 0 Å². The average Bonchev–Trinajstić information content (AvgIpc) is 1.62. The Morgan fingerprint density at radius 3 is 2.19 bits per heavy atom. The van der Waals surface area contributed by atoms with Crippen LogP contribution >= 0.6 is 21.6 Å². The van der Waals surface area contributed by atoms with E-state index in [1.165, 1.54) is 0 Å². The second-order valence-electron chi connectivity index (χ2n) is 25.0. The lowest BCUT2D eigenvalue weighted by Crippen LogP contribution is -2.54. The molecule has 101 heavy (non-hydrogen) atoms. The van der Waals surface area contributed by atoms with Crippen molar-refractivity contribution in [3.8, 4) is 0 Å². The van der Waals surface area contributed by atoms with Crippen molar-refractivity contribution >= 4 is 138 Å². The molecule has 33 nitrogen and oxygen atoms in total. The highest BCUT2D eigenvalue weighted by Gasteiger charge is 2.43. The first kappa shape index (κ1) is 80.4. The summed E-state index contributed by atoms with van der Waals surface area (Å²) in [7, 11) is 1.66. The van der Waals surface area contributed by atoms with Crippen LogP contribution in [0.1, 0.15) is 96.4 Å². The van der Waals surface area contributed by atoms with Crippen molar-refractivity contribution in [1.82, 2.24) is 40.7 Å². The number of carboxylic acids is 1. The Kier molecular flexibility index (Phi) is 29.6. The van der Waals surface area contributed by atoms with E-state index in [-0.39, 0.29) is 49.2 Å². The smallest absolute Gasteiger partial charge is 0.306 e. The van der Waals surface area contributed by atoms with Crippen LogP contribution in [0.2, 0.25) is 0 Å². The number of guanidine groups is 1. The second kappa shape index (κ2) is 37.2. The third-order valence-electron chi connectivity index (χ3n) is 16.3. The van der Waals surface area contributed by atoms with E-state index < -0.39 is 243 Å². The molecule has 2 aliphatic rings.